The number of alkyl halides is 1. The van der Waals surface area contributed by atoms with Crippen molar-refractivity contribution >= 4 is 15.9 Å². The summed E-state index contributed by atoms with van der Waals surface area (Å²) in [5, 5.41) is 0.740. The van der Waals surface area contributed by atoms with E-state index in [4.69, 9.17) is 9.47 Å². The summed E-state index contributed by atoms with van der Waals surface area (Å²) in [6, 6.07) is 0. The van der Waals surface area contributed by atoms with Crippen molar-refractivity contribution < 1.29 is 9.47 Å². The van der Waals surface area contributed by atoms with Crippen LogP contribution in [0.5, 0.6) is 0 Å². The van der Waals surface area contributed by atoms with Gasteiger partial charge in [0.1, 0.15) is 0 Å². The van der Waals surface area contributed by atoms with Gasteiger partial charge < -0.3 is 9.47 Å². The van der Waals surface area contributed by atoms with Crippen LogP contribution in [-0.2, 0) is 9.47 Å². The van der Waals surface area contributed by atoms with E-state index in [9.17, 15) is 0 Å². The normalized spacial score (nSPS) is 24.5. The highest BCUT2D eigenvalue weighted by molar-refractivity contribution is 9.09. The third kappa shape index (κ3) is 4.11. The van der Waals surface area contributed by atoms with Crippen molar-refractivity contribution in [3.8, 4) is 0 Å². The Kier molecular flexibility index (Phi) is 5.75. The van der Waals surface area contributed by atoms with Crippen LogP contribution in [0.2, 0.25) is 0 Å². The van der Waals surface area contributed by atoms with E-state index >= 15 is 0 Å². The average molecular weight is 263 g/mol. The summed E-state index contributed by atoms with van der Waals surface area (Å²) in [6.07, 6.45) is 5.93. The van der Waals surface area contributed by atoms with Crippen LogP contribution in [-0.4, -0.2) is 24.3 Å². The highest BCUT2D eigenvalue weighted by Gasteiger charge is 2.16. The summed E-state index contributed by atoms with van der Waals surface area (Å²) in [7, 11) is 0. The lowest BCUT2D eigenvalue weighted by Crippen LogP contribution is -2.26. The topological polar surface area (TPSA) is 18.5 Å². The van der Waals surface area contributed by atoms with E-state index in [-0.39, 0.29) is 12.4 Å². The van der Waals surface area contributed by atoms with E-state index in [1.807, 2.05) is 6.92 Å². The van der Waals surface area contributed by atoms with Crippen LogP contribution in [0.1, 0.15) is 33.1 Å². The van der Waals surface area contributed by atoms with Crippen LogP contribution >= 0.6 is 15.9 Å². The number of halogens is 1. The molecule has 2 atom stereocenters. The number of allylic oxidation sites excluding steroid dienone is 1. The van der Waals surface area contributed by atoms with Gasteiger partial charge in [0, 0.05) is 6.61 Å². The Morgan fingerprint density at radius 2 is 2.43 bits per heavy atom. The highest BCUT2D eigenvalue weighted by Crippen LogP contribution is 2.21. The Labute approximate surface area is 94.8 Å². The van der Waals surface area contributed by atoms with Crippen molar-refractivity contribution in [2.75, 3.05) is 11.9 Å². The van der Waals surface area contributed by atoms with Gasteiger partial charge >= 0.3 is 0 Å². The maximum absolute atomic E-state index is 5.81. The molecule has 0 aliphatic heterocycles. The van der Waals surface area contributed by atoms with Crippen molar-refractivity contribution in [2.45, 2.75) is 45.5 Å². The molecule has 2 nitrogen and oxygen atoms in total. The summed E-state index contributed by atoms with van der Waals surface area (Å²) in [5.41, 5.74) is 1.44. The van der Waals surface area contributed by atoms with Crippen molar-refractivity contribution in [3.63, 3.8) is 0 Å². The number of hydrogen-bond acceptors (Lipinski definition) is 2. The summed E-state index contributed by atoms with van der Waals surface area (Å²) >= 11 is 3.39. The number of hydrogen-bond donors (Lipinski definition) is 0. The highest BCUT2D eigenvalue weighted by atomic mass is 79.9. The Morgan fingerprint density at radius 1 is 1.64 bits per heavy atom. The molecule has 82 valence electrons. The Morgan fingerprint density at radius 3 is 3.00 bits per heavy atom. The number of ether oxygens (including phenoxy) is 2. The zero-order valence-electron chi connectivity index (χ0n) is 8.96. The first kappa shape index (κ1) is 12.2. The molecule has 0 fully saturated rings. The first-order valence-corrected chi connectivity index (χ1v) is 6.38. The molecular formula is C11H19BrO2. The second-order valence-electron chi connectivity index (χ2n) is 3.62. The molecule has 1 aliphatic rings. The summed E-state index contributed by atoms with van der Waals surface area (Å²) in [5.74, 6) is 0. The van der Waals surface area contributed by atoms with Crippen LogP contribution < -0.4 is 0 Å². The minimum absolute atomic E-state index is 0.104. The number of rotatable bonds is 5. The molecule has 0 aromatic carbocycles. The smallest absolute Gasteiger partial charge is 0.167 e. The lowest BCUT2D eigenvalue weighted by atomic mass is 9.99. The predicted octanol–water partition coefficient (Wildman–Crippen LogP) is 3.26. The van der Waals surface area contributed by atoms with Crippen LogP contribution in [0.25, 0.3) is 0 Å². The molecular weight excluding hydrogens is 244 g/mol. The van der Waals surface area contributed by atoms with Gasteiger partial charge in [0.15, 0.2) is 6.29 Å². The molecule has 1 rings (SSSR count). The largest absolute Gasteiger partial charge is 0.352 e. The second-order valence-corrected chi connectivity index (χ2v) is 4.27. The zero-order chi connectivity index (χ0) is 10.4. The fraction of sp³-hybridized carbons (Fsp3) is 0.818. The third-order valence-corrected chi connectivity index (χ3v) is 2.86. The monoisotopic (exact) mass is 262 g/mol. The van der Waals surface area contributed by atoms with E-state index in [2.05, 4.69) is 28.9 Å². The molecule has 0 spiro atoms. The first-order chi connectivity index (χ1) is 6.76. The molecule has 0 saturated carbocycles. The molecule has 1 aliphatic carbocycles. The van der Waals surface area contributed by atoms with Crippen LogP contribution in [0.4, 0.5) is 0 Å². The van der Waals surface area contributed by atoms with Gasteiger partial charge in [-0.05, 0) is 33.1 Å². The van der Waals surface area contributed by atoms with Gasteiger partial charge in [0.25, 0.3) is 0 Å². The van der Waals surface area contributed by atoms with Gasteiger partial charge in [-0.1, -0.05) is 27.6 Å². The van der Waals surface area contributed by atoms with E-state index in [0.29, 0.717) is 6.61 Å². The van der Waals surface area contributed by atoms with Gasteiger partial charge in [0.2, 0.25) is 0 Å². The molecule has 0 saturated heterocycles. The Balaban J connectivity index is 2.37. The maximum atomic E-state index is 5.81. The lowest BCUT2D eigenvalue weighted by molar-refractivity contribution is -0.144. The predicted molar refractivity (Wildman–Crippen MR) is 61.7 cm³/mol. The standard InChI is InChI=1S/C11H19BrO2/c1-3-13-11(8-12)14-10-6-4-5-9(2)7-10/h7,10-11H,3-6,8H2,1-2H3. The van der Waals surface area contributed by atoms with Crippen LogP contribution in [0.15, 0.2) is 11.6 Å². The summed E-state index contributed by atoms with van der Waals surface area (Å²) in [4.78, 5) is 0. The van der Waals surface area contributed by atoms with Gasteiger partial charge in [-0.2, -0.15) is 0 Å². The van der Waals surface area contributed by atoms with Gasteiger partial charge in [-0.3, -0.25) is 0 Å². The molecule has 0 aromatic rings. The molecule has 2 unspecified atom stereocenters. The Hall–Kier alpha value is 0.140. The molecule has 0 heterocycles. The van der Waals surface area contributed by atoms with Crippen molar-refractivity contribution in [1.82, 2.24) is 0 Å². The van der Waals surface area contributed by atoms with Crippen molar-refractivity contribution in [2.24, 2.45) is 0 Å². The van der Waals surface area contributed by atoms with Crippen molar-refractivity contribution in [3.05, 3.63) is 11.6 Å². The quantitative estimate of drug-likeness (QED) is 0.430. The SMILES string of the molecule is CCOC(CBr)OC1C=C(C)CCC1. The van der Waals surface area contributed by atoms with Gasteiger partial charge in [-0.15, -0.1) is 0 Å². The van der Waals surface area contributed by atoms with Crippen LogP contribution in [0.3, 0.4) is 0 Å². The summed E-state index contributed by atoms with van der Waals surface area (Å²) in [6.45, 7) is 4.85. The maximum Gasteiger partial charge on any atom is 0.167 e. The van der Waals surface area contributed by atoms with Gasteiger partial charge in [-0.25, -0.2) is 0 Å². The molecule has 0 N–H and O–H groups in total. The third-order valence-electron chi connectivity index (χ3n) is 2.34. The fourth-order valence-electron chi connectivity index (χ4n) is 1.67. The lowest BCUT2D eigenvalue weighted by Gasteiger charge is -2.24. The molecule has 0 amide bonds. The minimum Gasteiger partial charge on any atom is -0.352 e. The molecule has 3 heteroatoms. The molecule has 0 bridgehead atoms. The van der Waals surface area contributed by atoms with E-state index in [0.717, 1.165) is 11.8 Å². The van der Waals surface area contributed by atoms with Crippen molar-refractivity contribution in [1.29, 1.82) is 0 Å². The molecule has 14 heavy (non-hydrogen) atoms. The van der Waals surface area contributed by atoms with E-state index < -0.39 is 0 Å². The second kappa shape index (κ2) is 6.59. The summed E-state index contributed by atoms with van der Waals surface area (Å²) < 4.78 is 11.2. The van der Waals surface area contributed by atoms with Crippen LogP contribution in [0, 0.1) is 0 Å². The van der Waals surface area contributed by atoms with Gasteiger partial charge in [0.05, 0.1) is 11.4 Å². The first-order valence-electron chi connectivity index (χ1n) is 5.26. The Bertz CT molecular complexity index is 192. The molecule has 0 radical (unpaired) electrons. The zero-order valence-corrected chi connectivity index (χ0v) is 10.5. The minimum atomic E-state index is -0.104. The van der Waals surface area contributed by atoms with E-state index in [1.165, 1.54) is 18.4 Å². The average Bonchev–Trinajstić information content (AvgIpc) is 2.17. The fourth-order valence-corrected chi connectivity index (χ4v) is 2.01. The molecule has 0 aromatic heterocycles. The van der Waals surface area contributed by atoms with E-state index in [1.54, 1.807) is 0 Å².